The van der Waals surface area contributed by atoms with E-state index in [9.17, 15) is 4.79 Å². The summed E-state index contributed by atoms with van der Waals surface area (Å²) in [6.07, 6.45) is 2.98. The number of carbonyl (C=O) groups is 1. The van der Waals surface area contributed by atoms with E-state index in [1.54, 1.807) is 0 Å². The summed E-state index contributed by atoms with van der Waals surface area (Å²) in [6, 6.07) is 8.13. The Morgan fingerprint density at radius 2 is 2.08 bits per heavy atom. The average Bonchev–Trinajstić information content (AvgIpc) is 3.25. The lowest BCUT2D eigenvalue weighted by Crippen LogP contribution is -2.46. The monoisotopic (exact) mass is 339 g/mol. The van der Waals surface area contributed by atoms with Gasteiger partial charge in [0.2, 0.25) is 0 Å². The summed E-state index contributed by atoms with van der Waals surface area (Å²) in [5.74, 6) is 2.16. The molecular weight excluding hydrogens is 314 g/mol. The third-order valence-corrected chi connectivity index (χ3v) is 5.29. The first-order chi connectivity index (χ1) is 12.1. The van der Waals surface area contributed by atoms with Crippen LogP contribution < -0.4 is 10.2 Å². The minimum absolute atomic E-state index is 0.0495. The van der Waals surface area contributed by atoms with Gasteiger partial charge in [-0.05, 0) is 37.3 Å². The fourth-order valence-electron chi connectivity index (χ4n) is 4.01. The van der Waals surface area contributed by atoms with E-state index in [0.29, 0.717) is 0 Å². The van der Waals surface area contributed by atoms with Crippen molar-refractivity contribution in [2.24, 2.45) is 5.92 Å². The van der Waals surface area contributed by atoms with Crippen LogP contribution in [0.3, 0.4) is 0 Å². The van der Waals surface area contributed by atoms with Crippen molar-refractivity contribution < 1.29 is 4.79 Å². The van der Waals surface area contributed by atoms with Crippen LogP contribution in [0, 0.1) is 5.92 Å². The Hall–Kier alpha value is -2.37. The summed E-state index contributed by atoms with van der Waals surface area (Å²) < 4.78 is 2.17. The molecule has 2 aromatic rings. The molecule has 1 aromatic carbocycles. The summed E-state index contributed by atoms with van der Waals surface area (Å²) in [5, 5.41) is 11.9. The van der Waals surface area contributed by atoms with Gasteiger partial charge in [0.25, 0.3) is 0 Å². The van der Waals surface area contributed by atoms with Gasteiger partial charge in [-0.1, -0.05) is 32.0 Å². The van der Waals surface area contributed by atoms with E-state index in [1.165, 1.54) is 5.56 Å². The highest BCUT2D eigenvalue weighted by Crippen LogP contribution is 2.33. The fourth-order valence-corrected chi connectivity index (χ4v) is 4.01. The zero-order valence-electron chi connectivity index (χ0n) is 15.1. The van der Waals surface area contributed by atoms with Gasteiger partial charge in [-0.25, -0.2) is 4.79 Å². The molecule has 1 N–H and O–H groups in total. The summed E-state index contributed by atoms with van der Waals surface area (Å²) in [5.41, 5.74) is 2.25. The predicted octanol–water partition coefficient (Wildman–Crippen LogP) is 3.08. The van der Waals surface area contributed by atoms with Gasteiger partial charge >= 0.3 is 6.03 Å². The van der Waals surface area contributed by atoms with E-state index < -0.39 is 0 Å². The third-order valence-electron chi connectivity index (χ3n) is 5.29. The molecule has 3 heterocycles. The molecule has 6 heteroatoms. The van der Waals surface area contributed by atoms with Gasteiger partial charge in [-0.15, -0.1) is 10.2 Å². The summed E-state index contributed by atoms with van der Waals surface area (Å²) >= 11 is 0. The smallest absolute Gasteiger partial charge is 0.322 e. The largest absolute Gasteiger partial charge is 0.327 e. The Kier molecular flexibility index (Phi) is 3.98. The number of fused-ring (bicyclic) bond motifs is 2. The summed E-state index contributed by atoms with van der Waals surface area (Å²) in [6.45, 7) is 7.27. The molecule has 2 aliphatic rings. The zero-order chi connectivity index (χ0) is 17.6. The Labute approximate surface area is 148 Å². The molecule has 0 radical (unpaired) electrons. The number of rotatable bonds is 3. The number of aryl methyl sites for hydroxylation is 1. The van der Waals surface area contributed by atoms with E-state index >= 15 is 0 Å². The lowest BCUT2D eigenvalue weighted by Gasteiger charge is -2.28. The maximum atomic E-state index is 13.1. The highest BCUT2D eigenvalue weighted by atomic mass is 16.2. The molecule has 2 aliphatic heterocycles. The van der Waals surface area contributed by atoms with Crippen molar-refractivity contribution in [1.29, 1.82) is 0 Å². The first-order valence-corrected chi connectivity index (χ1v) is 9.16. The van der Waals surface area contributed by atoms with Crippen LogP contribution in [0.15, 0.2) is 24.3 Å². The van der Waals surface area contributed by atoms with Crippen molar-refractivity contribution in [3.05, 3.63) is 41.5 Å². The number of hydrogen-bond acceptors (Lipinski definition) is 3. The molecule has 0 saturated carbocycles. The molecule has 6 nitrogen and oxygen atoms in total. The Morgan fingerprint density at radius 3 is 2.88 bits per heavy atom. The van der Waals surface area contributed by atoms with E-state index in [-0.39, 0.29) is 24.0 Å². The molecule has 2 amide bonds. The maximum absolute atomic E-state index is 13.1. The maximum Gasteiger partial charge on any atom is 0.322 e. The van der Waals surface area contributed by atoms with Crippen LogP contribution in [0.1, 0.15) is 50.4 Å². The molecular formula is C19H25N5O. The first kappa shape index (κ1) is 16.1. The number of nitrogens with one attached hydrogen (secondary N) is 1. The second kappa shape index (κ2) is 6.17. The number of benzene rings is 1. The number of anilines is 1. The molecule has 0 saturated heterocycles. The zero-order valence-corrected chi connectivity index (χ0v) is 15.1. The van der Waals surface area contributed by atoms with Crippen molar-refractivity contribution in [2.45, 2.75) is 58.7 Å². The number of aromatic nitrogens is 3. The highest BCUT2D eigenvalue weighted by Gasteiger charge is 2.34. The highest BCUT2D eigenvalue weighted by molar-refractivity contribution is 5.95. The average molecular weight is 339 g/mol. The topological polar surface area (TPSA) is 63.1 Å². The van der Waals surface area contributed by atoms with Gasteiger partial charge in [0.05, 0.1) is 6.04 Å². The normalized spacial score (nSPS) is 19.8. The van der Waals surface area contributed by atoms with Crippen LogP contribution in [0.5, 0.6) is 0 Å². The molecule has 0 fully saturated rings. The standard InChI is InChI=1S/C19H25N5O/c1-12(2)17(18-22-21-16-9-6-10-23(16)18)20-19(25)24-13(3)11-14-7-4-5-8-15(14)24/h4-5,7-8,12-13,17H,6,9-11H2,1-3H3,(H,20,25)/t13-,17+/m0/s1. The molecule has 2 atom stereocenters. The van der Waals surface area contributed by atoms with Gasteiger partial charge in [-0.2, -0.15) is 0 Å². The van der Waals surface area contributed by atoms with Gasteiger partial charge in [0.15, 0.2) is 5.82 Å². The van der Waals surface area contributed by atoms with Gasteiger partial charge < -0.3 is 9.88 Å². The number of para-hydroxylation sites is 1. The fraction of sp³-hybridized carbons (Fsp3) is 0.526. The Balaban J connectivity index is 1.60. The number of amides is 2. The van der Waals surface area contributed by atoms with Crippen molar-refractivity contribution in [3.63, 3.8) is 0 Å². The molecule has 132 valence electrons. The molecule has 4 rings (SSSR count). The van der Waals surface area contributed by atoms with Crippen molar-refractivity contribution in [3.8, 4) is 0 Å². The summed E-state index contributed by atoms with van der Waals surface area (Å²) in [7, 11) is 0. The Morgan fingerprint density at radius 1 is 1.28 bits per heavy atom. The molecule has 0 aliphatic carbocycles. The second-order valence-electron chi connectivity index (χ2n) is 7.45. The van der Waals surface area contributed by atoms with E-state index in [4.69, 9.17) is 0 Å². The van der Waals surface area contributed by atoms with Crippen molar-refractivity contribution in [2.75, 3.05) is 4.90 Å². The number of carbonyl (C=O) groups excluding carboxylic acids is 1. The lowest BCUT2D eigenvalue weighted by molar-refractivity contribution is 0.236. The van der Waals surface area contributed by atoms with E-state index in [0.717, 1.165) is 43.1 Å². The molecule has 25 heavy (non-hydrogen) atoms. The summed E-state index contributed by atoms with van der Waals surface area (Å²) in [4.78, 5) is 15.0. The van der Waals surface area contributed by atoms with Crippen molar-refractivity contribution >= 4 is 11.7 Å². The number of nitrogens with zero attached hydrogens (tertiary/aromatic N) is 4. The quantitative estimate of drug-likeness (QED) is 0.935. The predicted molar refractivity (Wildman–Crippen MR) is 96.5 cm³/mol. The van der Waals surface area contributed by atoms with Crippen LogP contribution in [0.25, 0.3) is 0 Å². The third kappa shape index (κ3) is 2.69. The molecule has 0 unspecified atom stereocenters. The molecule has 1 aromatic heterocycles. The van der Waals surface area contributed by atoms with E-state index in [2.05, 4.69) is 46.9 Å². The minimum Gasteiger partial charge on any atom is -0.327 e. The van der Waals surface area contributed by atoms with Gasteiger partial charge in [-0.3, -0.25) is 4.90 Å². The number of urea groups is 1. The van der Waals surface area contributed by atoms with Crippen LogP contribution in [0.2, 0.25) is 0 Å². The SMILES string of the molecule is CC(C)[C@@H](NC(=O)N1c2ccccc2C[C@@H]1C)c1nnc2n1CCC2. The number of hydrogen-bond donors (Lipinski definition) is 1. The molecule has 0 spiro atoms. The van der Waals surface area contributed by atoms with Gasteiger partial charge in [0.1, 0.15) is 5.82 Å². The second-order valence-corrected chi connectivity index (χ2v) is 7.45. The van der Waals surface area contributed by atoms with Gasteiger partial charge in [0, 0.05) is 24.7 Å². The van der Waals surface area contributed by atoms with E-state index in [1.807, 2.05) is 23.1 Å². The van der Waals surface area contributed by atoms with Crippen molar-refractivity contribution in [1.82, 2.24) is 20.1 Å². The van der Waals surface area contributed by atoms with Crippen LogP contribution in [-0.4, -0.2) is 26.8 Å². The van der Waals surface area contributed by atoms with Crippen LogP contribution >= 0.6 is 0 Å². The minimum atomic E-state index is -0.133. The first-order valence-electron chi connectivity index (χ1n) is 9.16. The lowest BCUT2D eigenvalue weighted by atomic mass is 10.0. The molecule has 0 bridgehead atoms. The van der Waals surface area contributed by atoms with Crippen LogP contribution in [-0.2, 0) is 19.4 Å². The Bertz CT molecular complexity index is 797. The van der Waals surface area contributed by atoms with Crippen LogP contribution in [0.4, 0.5) is 10.5 Å².